The Morgan fingerprint density at radius 2 is 2.08 bits per heavy atom. The Hall–Kier alpha value is -1.66. The van der Waals surface area contributed by atoms with Gasteiger partial charge in [0.1, 0.15) is 5.82 Å². The number of benzene rings is 1. The van der Waals surface area contributed by atoms with Crippen molar-refractivity contribution in [2.45, 2.75) is 25.3 Å². The lowest BCUT2D eigenvalue weighted by Crippen LogP contribution is -2.63. The number of piperidine rings is 2. The summed E-state index contributed by atoms with van der Waals surface area (Å²) >= 11 is 6.00. The number of nitrogens with zero attached hydrogens (tertiary/aromatic N) is 2. The lowest BCUT2D eigenvalue weighted by molar-refractivity contribution is -0.161. The van der Waals surface area contributed by atoms with Gasteiger partial charge >= 0.3 is 5.97 Å². The first kappa shape index (κ1) is 17.2. The van der Waals surface area contributed by atoms with Gasteiger partial charge in [0.05, 0.1) is 16.0 Å². The van der Waals surface area contributed by atoms with Crippen molar-refractivity contribution in [2.75, 3.05) is 26.7 Å². The number of carboxylic acid groups (broad SMARTS) is 1. The molecule has 2 heterocycles. The minimum atomic E-state index is -0.795. The molecule has 0 aliphatic carbocycles. The van der Waals surface area contributed by atoms with E-state index in [4.69, 9.17) is 11.6 Å². The number of halogens is 2. The molecule has 0 spiro atoms. The van der Waals surface area contributed by atoms with Crippen LogP contribution in [0.15, 0.2) is 18.2 Å². The molecule has 2 fully saturated rings. The Labute approximate surface area is 145 Å². The lowest BCUT2D eigenvalue weighted by atomic mass is 9.68. The number of fused-ring (bicyclic) bond motifs is 1. The van der Waals surface area contributed by atoms with E-state index >= 15 is 0 Å². The highest BCUT2D eigenvalue weighted by Gasteiger charge is 2.52. The Morgan fingerprint density at radius 3 is 2.75 bits per heavy atom. The summed E-state index contributed by atoms with van der Waals surface area (Å²) in [6, 6.07) is 3.48. The van der Waals surface area contributed by atoms with Crippen LogP contribution in [-0.4, -0.2) is 59.5 Å². The highest BCUT2D eigenvalue weighted by atomic mass is 35.5. The van der Waals surface area contributed by atoms with Crippen LogP contribution in [0.25, 0.3) is 0 Å². The Kier molecular flexibility index (Phi) is 4.53. The molecule has 7 heteroatoms. The van der Waals surface area contributed by atoms with Crippen molar-refractivity contribution >= 4 is 23.5 Å². The SMILES string of the molecule is CN1CCC[C@]2(C(=O)O)CCN(C(=O)c3ccc(F)cc3Cl)C[C@@H]12. The second-order valence-electron chi connectivity index (χ2n) is 6.69. The average Bonchev–Trinajstić information content (AvgIpc) is 2.54. The van der Waals surface area contributed by atoms with Gasteiger partial charge in [-0.15, -0.1) is 0 Å². The molecule has 2 atom stereocenters. The molecule has 1 N–H and O–H groups in total. The van der Waals surface area contributed by atoms with Gasteiger partial charge in [0, 0.05) is 19.1 Å². The monoisotopic (exact) mass is 354 g/mol. The van der Waals surface area contributed by atoms with E-state index in [1.165, 1.54) is 12.1 Å². The molecule has 0 bridgehead atoms. The summed E-state index contributed by atoms with van der Waals surface area (Å²) in [5, 5.41) is 9.84. The molecular formula is C17H20ClFN2O3. The van der Waals surface area contributed by atoms with Crippen LogP contribution in [0.5, 0.6) is 0 Å². The summed E-state index contributed by atoms with van der Waals surface area (Å²) in [7, 11) is 1.90. The first-order valence-electron chi connectivity index (χ1n) is 8.03. The molecule has 0 unspecified atom stereocenters. The molecule has 0 radical (unpaired) electrons. The minimum absolute atomic E-state index is 0.0760. The first-order valence-corrected chi connectivity index (χ1v) is 8.41. The van der Waals surface area contributed by atoms with Crippen LogP contribution in [-0.2, 0) is 4.79 Å². The number of aliphatic carboxylic acids is 1. The summed E-state index contributed by atoms with van der Waals surface area (Å²) in [5.41, 5.74) is -0.546. The molecule has 2 aliphatic rings. The van der Waals surface area contributed by atoms with Crippen molar-refractivity contribution in [1.29, 1.82) is 0 Å². The quantitative estimate of drug-likeness (QED) is 0.886. The molecular weight excluding hydrogens is 335 g/mol. The summed E-state index contributed by atoms with van der Waals surface area (Å²) in [6.07, 6.45) is 1.90. The predicted octanol–water partition coefficient (Wildman–Crippen LogP) is 2.49. The van der Waals surface area contributed by atoms with E-state index in [-0.39, 0.29) is 22.5 Å². The molecule has 2 aliphatic heterocycles. The maximum atomic E-state index is 13.2. The number of carbonyl (C=O) groups is 2. The predicted molar refractivity (Wildman–Crippen MR) is 87.7 cm³/mol. The number of carbonyl (C=O) groups excluding carboxylic acids is 1. The number of rotatable bonds is 2. The molecule has 5 nitrogen and oxygen atoms in total. The molecule has 1 aromatic carbocycles. The van der Waals surface area contributed by atoms with E-state index in [9.17, 15) is 19.1 Å². The topological polar surface area (TPSA) is 60.9 Å². The molecule has 130 valence electrons. The third-order valence-electron chi connectivity index (χ3n) is 5.40. The molecule has 0 aromatic heterocycles. The normalized spacial score (nSPS) is 27.6. The average molecular weight is 355 g/mol. The minimum Gasteiger partial charge on any atom is -0.481 e. The van der Waals surface area contributed by atoms with E-state index in [1.54, 1.807) is 4.90 Å². The van der Waals surface area contributed by atoms with Gasteiger partial charge in [-0.25, -0.2) is 4.39 Å². The summed E-state index contributed by atoms with van der Waals surface area (Å²) in [5.74, 6) is -1.56. The fourth-order valence-corrected chi connectivity index (χ4v) is 4.25. The van der Waals surface area contributed by atoms with E-state index in [0.29, 0.717) is 25.9 Å². The van der Waals surface area contributed by atoms with Gasteiger partial charge in [0.2, 0.25) is 0 Å². The highest BCUT2D eigenvalue weighted by Crippen LogP contribution is 2.42. The summed E-state index contributed by atoms with van der Waals surface area (Å²) in [4.78, 5) is 28.3. The van der Waals surface area contributed by atoms with Crippen molar-refractivity contribution in [3.05, 3.63) is 34.6 Å². The van der Waals surface area contributed by atoms with Crippen LogP contribution in [0.1, 0.15) is 29.6 Å². The van der Waals surface area contributed by atoms with Crippen molar-refractivity contribution in [1.82, 2.24) is 9.80 Å². The van der Waals surface area contributed by atoms with Crippen molar-refractivity contribution in [2.24, 2.45) is 5.41 Å². The van der Waals surface area contributed by atoms with Crippen LogP contribution in [0.4, 0.5) is 4.39 Å². The van der Waals surface area contributed by atoms with Crippen LogP contribution in [0.3, 0.4) is 0 Å². The number of hydrogen-bond donors (Lipinski definition) is 1. The molecule has 3 rings (SSSR count). The van der Waals surface area contributed by atoms with Crippen molar-refractivity contribution in [3.63, 3.8) is 0 Å². The molecule has 24 heavy (non-hydrogen) atoms. The van der Waals surface area contributed by atoms with E-state index < -0.39 is 17.2 Å². The smallest absolute Gasteiger partial charge is 0.311 e. The van der Waals surface area contributed by atoms with Crippen LogP contribution >= 0.6 is 11.6 Å². The maximum Gasteiger partial charge on any atom is 0.311 e. The van der Waals surface area contributed by atoms with Gasteiger partial charge in [-0.05, 0) is 51.1 Å². The van der Waals surface area contributed by atoms with Gasteiger partial charge in [-0.2, -0.15) is 0 Å². The molecule has 1 amide bonds. The van der Waals surface area contributed by atoms with Crippen molar-refractivity contribution < 1.29 is 19.1 Å². The van der Waals surface area contributed by atoms with Crippen LogP contribution in [0, 0.1) is 11.2 Å². The zero-order valence-corrected chi connectivity index (χ0v) is 14.2. The Morgan fingerprint density at radius 1 is 1.33 bits per heavy atom. The lowest BCUT2D eigenvalue weighted by Gasteiger charge is -2.51. The Balaban J connectivity index is 1.85. The van der Waals surface area contributed by atoms with Gasteiger partial charge in [0.15, 0.2) is 0 Å². The number of hydrogen-bond acceptors (Lipinski definition) is 3. The van der Waals surface area contributed by atoms with Gasteiger partial charge in [-0.1, -0.05) is 11.6 Å². The summed E-state index contributed by atoms with van der Waals surface area (Å²) in [6.45, 7) is 1.53. The highest BCUT2D eigenvalue weighted by molar-refractivity contribution is 6.33. The number of likely N-dealkylation sites (tertiary alicyclic amines) is 2. The number of carboxylic acids is 1. The molecule has 1 aromatic rings. The molecule has 2 saturated heterocycles. The number of likely N-dealkylation sites (N-methyl/N-ethyl adjacent to an activating group) is 1. The van der Waals surface area contributed by atoms with Gasteiger partial charge < -0.3 is 14.9 Å². The second-order valence-corrected chi connectivity index (χ2v) is 7.09. The van der Waals surface area contributed by atoms with E-state index in [0.717, 1.165) is 19.0 Å². The zero-order chi connectivity index (χ0) is 17.5. The zero-order valence-electron chi connectivity index (χ0n) is 13.5. The van der Waals surface area contributed by atoms with Crippen LogP contribution < -0.4 is 0 Å². The van der Waals surface area contributed by atoms with E-state index in [2.05, 4.69) is 0 Å². The van der Waals surface area contributed by atoms with Gasteiger partial charge in [0.25, 0.3) is 5.91 Å². The number of amides is 1. The largest absolute Gasteiger partial charge is 0.481 e. The second kappa shape index (κ2) is 6.33. The van der Waals surface area contributed by atoms with Gasteiger partial charge in [-0.3, -0.25) is 9.59 Å². The maximum absolute atomic E-state index is 13.2. The fourth-order valence-electron chi connectivity index (χ4n) is 4.00. The Bertz CT molecular complexity index is 684. The molecule has 0 saturated carbocycles. The fraction of sp³-hybridized carbons (Fsp3) is 0.529. The van der Waals surface area contributed by atoms with E-state index in [1.807, 2.05) is 11.9 Å². The van der Waals surface area contributed by atoms with Crippen molar-refractivity contribution in [3.8, 4) is 0 Å². The first-order chi connectivity index (χ1) is 11.3. The standard InChI is InChI=1S/C17H20ClFN2O3/c1-20-7-2-5-17(16(23)24)6-8-21(10-14(17)20)15(22)12-4-3-11(19)9-13(12)18/h3-4,9,14H,2,5-8,10H2,1H3,(H,23,24)/t14-,17+/m1/s1. The third-order valence-corrected chi connectivity index (χ3v) is 5.71. The van der Waals surface area contributed by atoms with Crippen LogP contribution in [0.2, 0.25) is 5.02 Å². The third kappa shape index (κ3) is 2.78. The summed E-state index contributed by atoms with van der Waals surface area (Å²) < 4.78 is 13.2.